The summed E-state index contributed by atoms with van der Waals surface area (Å²) in [5, 5.41) is 0.00912. The number of ketones is 1. The zero-order valence-electron chi connectivity index (χ0n) is 8.93. The summed E-state index contributed by atoms with van der Waals surface area (Å²) in [6.45, 7) is 0. The van der Waals surface area contributed by atoms with Crippen molar-refractivity contribution in [2.75, 3.05) is 7.11 Å². The number of fused-ring (bicyclic) bond motifs is 1. The molecule has 4 heteroatoms. The molecule has 3 nitrogen and oxygen atoms in total. The van der Waals surface area contributed by atoms with Crippen molar-refractivity contribution in [2.45, 2.75) is 23.0 Å². The fourth-order valence-corrected chi connectivity index (χ4v) is 3.00. The first-order valence-corrected chi connectivity index (χ1v) is 5.94. The molecule has 0 amide bonds. The lowest BCUT2D eigenvalue weighted by molar-refractivity contribution is -0.140. The summed E-state index contributed by atoms with van der Waals surface area (Å²) in [4.78, 5) is 23.9. The van der Waals surface area contributed by atoms with Crippen LogP contribution in [0.4, 0.5) is 0 Å². The molecule has 1 aromatic carbocycles. The Bertz CT molecular complexity index is 428. The molecule has 1 aromatic rings. The zero-order chi connectivity index (χ0) is 11.5. The first-order chi connectivity index (χ1) is 7.70. The molecule has 1 unspecified atom stereocenters. The number of ether oxygens (including phenoxy) is 1. The van der Waals surface area contributed by atoms with Crippen LogP contribution in [-0.2, 0) is 9.53 Å². The Morgan fingerprint density at radius 1 is 1.50 bits per heavy atom. The second-order valence-electron chi connectivity index (χ2n) is 3.64. The molecule has 1 aliphatic heterocycles. The van der Waals surface area contributed by atoms with E-state index < -0.39 is 0 Å². The van der Waals surface area contributed by atoms with Gasteiger partial charge < -0.3 is 4.74 Å². The zero-order valence-corrected chi connectivity index (χ0v) is 9.75. The molecule has 0 saturated heterocycles. The molecule has 0 aliphatic carbocycles. The second-order valence-corrected chi connectivity index (χ2v) is 4.99. The molecule has 16 heavy (non-hydrogen) atoms. The van der Waals surface area contributed by atoms with E-state index in [2.05, 4.69) is 4.74 Å². The van der Waals surface area contributed by atoms with Crippen LogP contribution in [0.25, 0.3) is 0 Å². The van der Waals surface area contributed by atoms with E-state index in [0.717, 1.165) is 10.5 Å². The van der Waals surface area contributed by atoms with Crippen LogP contribution in [0.3, 0.4) is 0 Å². The molecule has 84 valence electrons. The molecule has 0 fully saturated rings. The summed E-state index contributed by atoms with van der Waals surface area (Å²) in [6.07, 6.45) is 0.706. The van der Waals surface area contributed by atoms with Gasteiger partial charge in [0.05, 0.1) is 13.5 Å². The third-order valence-electron chi connectivity index (χ3n) is 2.52. The van der Waals surface area contributed by atoms with E-state index in [-0.39, 0.29) is 17.0 Å². The molecule has 2 rings (SSSR count). The highest BCUT2D eigenvalue weighted by Crippen LogP contribution is 2.36. The van der Waals surface area contributed by atoms with Gasteiger partial charge >= 0.3 is 5.97 Å². The van der Waals surface area contributed by atoms with Gasteiger partial charge in [0.25, 0.3) is 0 Å². The average Bonchev–Trinajstić information content (AvgIpc) is 2.29. The lowest BCUT2D eigenvalue weighted by atomic mass is 10.0. The van der Waals surface area contributed by atoms with Crippen molar-refractivity contribution < 1.29 is 14.3 Å². The number of hydrogen-bond donors (Lipinski definition) is 0. The smallest absolute Gasteiger partial charge is 0.306 e. The van der Waals surface area contributed by atoms with Crippen LogP contribution in [0.2, 0.25) is 0 Å². The molecule has 0 saturated carbocycles. The van der Waals surface area contributed by atoms with Gasteiger partial charge in [0, 0.05) is 22.1 Å². The molecule has 0 spiro atoms. The van der Waals surface area contributed by atoms with Crippen LogP contribution >= 0.6 is 11.8 Å². The number of benzene rings is 1. The third kappa shape index (κ3) is 2.27. The Labute approximate surface area is 98.2 Å². The highest BCUT2D eigenvalue weighted by Gasteiger charge is 2.27. The van der Waals surface area contributed by atoms with E-state index in [0.29, 0.717) is 12.8 Å². The summed E-state index contributed by atoms with van der Waals surface area (Å²) in [5.41, 5.74) is 0.772. The number of thioether (sulfide) groups is 1. The normalized spacial score (nSPS) is 19.1. The van der Waals surface area contributed by atoms with E-state index in [1.807, 2.05) is 24.3 Å². The van der Waals surface area contributed by atoms with Crippen LogP contribution < -0.4 is 0 Å². The summed E-state index contributed by atoms with van der Waals surface area (Å²) >= 11 is 1.58. The van der Waals surface area contributed by atoms with Gasteiger partial charge in [-0.2, -0.15) is 0 Å². The molecule has 0 N–H and O–H groups in total. The fraction of sp³-hybridized carbons (Fsp3) is 0.333. The Morgan fingerprint density at radius 2 is 2.25 bits per heavy atom. The van der Waals surface area contributed by atoms with E-state index in [9.17, 15) is 9.59 Å². The van der Waals surface area contributed by atoms with E-state index >= 15 is 0 Å². The number of esters is 1. The van der Waals surface area contributed by atoms with Gasteiger partial charge in [-0.05, 0) is 6.07 Å². The first-order valence-electron chi connectivity index (χ1n) is 5.06. The van der Waals surface area contributed by atoms with Crippen molar-refractivity contribution in [2.24, 2.45) is 0 Å². The van der Waals surface area contributed by atoms with Crippen LogP contribution in [0.5, 0.6) is 0 Å². The van der Waals surface area contributed by atoms with Gasteiger partial charge in [0.1, 0.15) is 0 Å². The number of hydrogen-bond acceptors (Lipinski definition) is 4. The van der Waals surface area contributed by atoms with Gasteiger partial charge in [0.2, 0.25) is 0 Å². The minimum Gasteiger partial charge on any atom is -0.469 e. The molecule has 1 atom stereocenters. The van der Waals surface area contributed by atoms with Crippen molar-refractivity contribution in [3.8, 4) is 0 Å². The maximum atomic E-state index is 11.8. The number of carbonyl (C=O) groups excluding carboxylic acids is 2. The summed E-state index contributed by atoms with van der Waals surface area (Å²) in [6, 6.07) is 7.51. The summed E-state index contributed by atoms with van der Waals surface area (Å²) in [5.74, 6) is -0.145. The van der Waals surface area contributed by atoms with Crippen molar-refractivity contribution >= 4 is 23.5 Å². The second kappa shape index (κ2) is 4.70. The standard InChI is InChI=1S/C12H12O3S/c1-15-12(14)7-8-6-10(13)9-4-2-3-5-11(9)16-8/h2-5,8H,6-7H2,1H3. The first kappa shape index (κ1) is 11.2. The number of carbonyl (C=O) groups is 2. The maximum Gasteiger partial charge on any atom is 0.306 e. The topological polar surface area (TPSA) is 43.4 Å². The largest absolute Gasteiger partial charge is 0.469 e. The molecule has 0 aromatic heterocycles. The minimum atomic E-state index is -0.260. The number of methoxy groups -OCH3 is 1. The van der Waals surface area contributed by atoms with Gasteiger partial charge in [-0.3, -0.25) is 9.59 Å². The summed E-state index contributed by atoms with van der Waals surface area (Å²) in [7, 11) is 1.37. The van der Waals surface area contributed by atoms with Crippen LogP contribution in [-0.4, -0.2) is 24.1 Å². The lowest BCUT2D eigenvalue weighted by Crippen LogP contribution is -2.20. The van der Waals surface area contributed by atoms with Gasteiger partial charge in [-0.15, -0.1) is 11.8 Å². The molecular formula is C12H12O3S. The van der Waals surface area contributed by atoms with Crippen LogP contribution in [0, 0.1) is 0 Å². The maximum absolute atomic E-state index is 11.8. The lowest BCUT2D eigenvalue weighted by Gasteiger charge is -2.21. The summed E-state index contributed by atoms with van der Waals surface area (Å²) < 4.78 is 4.61. The molecule has 1 aliphatic rings. The Morgan fingerprint density at radius 3 is 3.00 bits per heavy atom. The molecular weight excluding hydrogens is 224 g/mol. The highest BCUT2D eigenvalue weighted by molar-refractivity contribution is 8.00. The van der Waals surface area contributed by atoms with Crippen LogP contribution in [0.15, 0.2) is 29.2 Å². The van der Waals surface area contributed by atoms with Gasteiger partial charge in [-0.1, -0.05) is 18.2 Å². The quantitative estimate of drug-likeness (QED) is 0.739. The fourth-order valence-electron chi connectivity index (χ4n) is 1.72. The van der Waals surface area contributed by atoms with Crippen LogP contribution in [0.1, 0.15) is 23.2 Å². The average molecular weight is 236 g/mol. The predicted molar refractivity (Wildman–Crippen MR) is 61.7 cm³/mol. The van der Waals surface area contributed by atoms with Crippen molar-refractivity contribution in [3.63, 3.8) is 0 Å². The third-order valence-corrected chi connectivity index (χ3v) is 3.79. The van der Waals surface area contributed by atoms with Crippen molar-refractivity contribution in [3.05, 3.63) is 29.8 Å². The Hall–Kier alpha value is -1.29. The van der Waals surface area contributed by atoms with E-state index in [1.54, 1.807) is 11.8 Å². The van der Waals surface area contributed by atoms with Gasteiger partial charge in [0.15, 0.2) is 5.78 Å². The van der Waals surface area contributed by atoms with E-state index in [4.69, 9.17) is 0 Å². The van der Waals surface area contributed by atoms with Crippen molar-refractivity contribution in [1.82, 2.24) is 0 Å². The molecule has 0 radical (unpaired) electrons. The highest BCUT2D eigenvalue weighted by atomic mass is 32.2. The molecule has 1 heterocycles. The Balaban J connectivity index is 2.15. The van der Waals surface area contributed by atoms with Gasteiger partial charge in [-0.25, -0.2) is 0 Å². The van der Waals surface area contributed by atoms with Crippen molar-refractivity contribution in [1.29, 1.82) is 0 Å². The minimum absolute atomic E-state index is 0.00912. The molecule has 0 bridgehead atoms. The number of rotatable bonds is 2. The SMILES string of the molecule is COC(=O)CC1CC(=O)c2ccccc2S1. The predicted octanol–water partition coefficient (Wildman–Crippen LogP) is 2.30. The monoisotopic (exact) mass is 236 g/mol. The van der Waals surface area contributed by atoms with E-state index in [1.165, 1.54) is 7.11 Å². The number of Topliss-reactive ketones (excluding diaryl/α,β-unsaturated/α-hetero) is 1. The Kier molecular flexibility index (Phi) is 3.29.